The van der Waals surface area contributed by atoms with Crippen molar-refractivity contribution in [2.75, 3.05) is 0 Å². The first-order valence-corrected chi connectivity index (χ1v) is 13.9. The fourth-order valence-electron chi connectivity index (χ4n) is 5.04. The molecule has 0 saturated carbocycles. The van der Waals surface area contributed by atoms with Gasteiger partial charge in [-0.3, -0.25) is 9.59 Å². The van der Waals surface area contributed by atoms with Crippen molar-refractivity contribution in [1.29, 1.82) is 0 Å². The van der Waals surface area contributed by atoms with Crippen LogP contribution in [-0.4, -0.2) is 39.2 Å². The normalized spacial score (nSPS) is 29.1. The van der Waals surface area contributed by atoms with Gasteiger partial charge in [0.25, 0.3) is 0 Å². The minimum Gasteiger partial charge on any atom is -0.457 e. The molecule has 0 spiro atoms. The summed E-state index contributed by atoms with van der Waals surface area (Å²) in [6.45, 7) is 11.2. The molecule has 1 aliphatic heterocycles. The Morgan fingerprint density at radius 1 is 1.19 bits per heavy atom. The zero-order chi connectivity index (χ0) is 26.6. The molecular formula is C29H41NO5S. The van der Waals surface area contributed by atoms with Crippen molar-refractivity contribution < 1.29 is 24.5 Å². The van der Waals surface area contributed by atoms with Crippen LogP contribution < -0.4 is 0 Å². The Bertz CT molecular complexity index is 1100. The predicted molar refractivity (Wildman–Crippen MR) is 144 cm³/mol. The van der Waals surface area contributed by atoms with E-state index >= 15 is 0 Å². The molecule has 0 amide bonds. The molecule has 0 fully saturated rings. The van der Waals surface area contributed by atoms with Gasteiger partial charge in [-0.2, -0.15) is 0 Å². The molecule has 0 unspecified atom stereocenters. The lowest BCUT2D eigenvalue weighted by atomic mass is 9.71. The summed E-state index contributed by atoms with van der Waals surface area (Å²) < 4.78 is 6.99. The van der Waals surface area contributed by atoms with E-state index < -0.39 is 35.6 Å². The third-order valence-electron chi connectivity index (χ3n) is 7.68. The van der Waals surface area contributed by atoms with Gasteiger partial charge in [0.1, 0.15) is 11.9 Å². The predicted octanol–water partition coefficient (Wildman–Crippen LogP) is 6.08. The lowest BCUT2D eigenvalue weighted by molar-refractivity contribution is -0.156. The van der Waals surface area contributed by atoms with Gasteiger partial charge >= 0.3 is 5.97 Å². The maximum Gasteiger partial charge on any atom is 0.309 e. The van der Waals surface area contributed by atoms with E-state index in [9.17, 15) is 19.8 Å². The molecule has 0 bridgehead atoms. The second-order valence-electron chi connectivity index (χ2n) is 10.9. The van der Waals surface area contributed by atoms with Crippen LogP contribution in [0.4, 0.5) is 0 Å². The molecule has 2 N–H and O–H groups in total. The standard InChI is InChI=1S/C29H41NO5S/c1-7-21-27(33)18(3)10-8-9-17(2)11-13-23(20-12-14-24-22(15-20)30-19(4)36-24)35-26(32)16-25(31)29(5,6)28(21)34/h11-12,14-15,18,21,23,25,27,31,33H,7-10,13,16H2,1-6H3/t18-,21+,23-,25-,27-/m0/s1. The van der Waals surface area contributed by atoms with Gasteiger partial charge in [0, 0.05) is 12.3 Å². The summed E-state index contributed by atoms with van der Waals surface area (Å²) in [7, 11) is 0. The number of rotatable bonds is 2. The fraction of sp³-hybridized carbons (Fsp3) is 0.621. The van der Waals surface area contributed by atoms with Crippen LogP contribution in [0, 0.1) is 24.2 Å². The number of fused-ring (bicyclic) bond motifs is 1. The van der Waals surface area contributed by atoms with E-state index in [1.807, 2.05) is 39.0 Å². The number of Topliss-reactive ketones (excluding diaryl/α,β-unsaturated/α-hetero) is 1. The maximum absolute atomic E-state index is 13.4. The van der Waals surface area contributed by atoms with E-state index in [0.29, 0.717) is 12.8 Å². The number of aromatic nitrogens is 1. The van der Waals surface area contributed by atoms with Gasteiger partial charge in [0.15, 0.2) is 0 Å². The molecule has 1 aromatic carbocycles. The molecule has 1 aromatic heterocycles. The highest BCUT2D eigenvalue weighted by Gasteiger charge is 2.43. The van der Waals surface area contributed by atoms with E-state index in [2.05, 4.69) is 18.0 Å². The average molecular weight is 516 g/mol. The molecule has 1 aliphatic rings. The minimum atomic E-state index is -1.22. The number of carbonyl (C=O) groups excluding carboxylic acids is 2. The first-order chi connectivity index (χ1) is 16.9. The lowest BCUT2D eigenvalue weighted by Crippen LogP contribution is -2.46. The van der Waals surface area contributed by atoms with E-state index in [4.69, 9.17) is 4.74 Å². The van der Waals surface area contributed by atoms with Crippen LogP contribution in [0.15, 0.2) is 29.8 Å². The first kappa shape index (κ1) is 28.5. The molecule has 0 radical (unpaired) electrons. The van der Waals surface area contributed by atoms with Crippen LogP contribution in [0.3, 0.4) is 0 Å². The van der Waals surface area contributed by atoms with Gasteiger partial charge in [-0.1, -0.05) is 45.4 Å². The number of esters is 1. The van der Waals surface area contributed by atoms with Crippen LogP contribution in [0.2, 0.25) is 0 Å². The summed E-state index contributed by atoms with van der Waals surface area (Å²) in [5.41, 5.74) is 1.74. The zero-order valence-electron chi connectivity index (χ0n) is 22.4. The number of aliphatic hydroxyl groups is 2. The number of hydrogen-bond donors (Lipinski definition) is 2. The van der Waals surface area contributed by atoms with Crippen LogP contribution in [0.25, 0.3) is 10.2 Å². The third-order valence-corrected chi connectivity index (χ3v) is 8.63. The number of cyclic esters (lactones) is 1. The van der Waals surface area contributed by atoms with Crippen molar-refractivity contribution in [3.05, 3.63) is 40.4 Å². The Morgan fingerprint density at radius 2 is 1.92 bits per heavy atom. The molecule has 7 heteroatoms. The highest BCUT2D eigenvalue weighted by atomic mass is 32.1. The van der Waals surface area contributed by atoms with Crippen LogP contribution >= 0.6 is 11.3 Å². The third kappa shape index (κ3) is 6.61. The first-order valence-electron chi connectivity index (χ1n) is 13.1. The van der Waals surface area contributed by atoms with Crippen molar-refractivity contribution in [2.24, 2.45) is 17.3 Å². The Hall–Kier alpha value is -2.09. The zero-order valence-corrected chi connectivity index (χ0v) is 23.2. The SMILES string of the molecule is CC[C@H]1C(=O)C(C)(C)[C@@H](O)CC(=O)O[C@H](c2ccc3sc(C)nc3c2)CC=C(C)CCC[C@H](C)[C@@H]1O. The van der Waals surface area contributed by atoms with Crippen LogP contribution in [-0.2, 0) is 14.3 Å². The number of nitrogens with zero attached hydrogens (tertiary/aromatic N) is 1. The fourth-order valence-corrected chi connectivity index (χ4v) is 5.84. The molecule has 2 heterocycles. The Labute approximate surface area is 218 Å². The molecule has 0 aliphatic carbocycles. The van der Waals surface area contributed by atoms with E-state index in [0.717, 1.165) is 40.1 Å². The molecule has 0 saturated heterocycles. The van der Waals surface area contributed by atoms with Gasteiger partial charge < -0.3 is 14.9 Å². The smallest absolute Gasteiger partial charge is 0.309 e. The van der Waals surface area contributed by atoms with Gasteiger partial charge in [-0.05, 0) is 63.1 Å². The summed E-state index contributed by atoms with van der Waals surface area (Å²) in [5.74, 6) is -1.40. The number of allylic oxidation sites excluding steroid dienone is 1. The van der Waals surface area contributed by atoms with Gasteiger partial charge in [0.2, 0.25) is 0 Å². The van der Waals surface area contributed by atoms with E-state index in [1.165, 1.54) is 5.57 Å². The van der Waals surface area contributed by atoms with Crippen molar-refractivity contribution in [2.45, 2.75) is 98.4 Å². The van der Waals surface area contributed by atoms with Crippen molar-refractivity contribution in [3.63, 3.8) is 0 Å². The molecule has 36 heavy (non-hydrogen) atoms. The van der Waals surface area contributed by atoms with Crippen molar-refractivity contribution >= 4 is 33.3 Å². The highest BCUT2D eigenvalue weighted by molar-refractivity contribution is 7.18. The summed E-state index contributed by atoms with van der Waals surface area (Å²) in [4.78, 5) is 31.0. The number of aryl methyl sites for hydroxylation is 1. The summed E-state index contributed by atoms with van der Waals surface area (Å²) in [5, 5.41) is 22.9. The maximum atomic E-state index is 13.4. The number of carbonyl (C=O) groups is 2. The summed E-state index contributed by atoms with van der Waals surface area (Å²) >= 11 is 1.62. The lowest BCUT2D eigenvalue weighted by Gasteiger charge is -2.35. The van der Waals surface area contributed by atoms with E-state index in [1.54, 1.807) is 25.2 Å². The van der Waals surface area contributed by atoms with Crippen LogP contribution in [0.1, 0.15) is 89.8 Å². The quantitative estimate of drug-likeness (QED) is 0.372. The Kier molecular flexibility index (Phi) is 9.47. The number of thiazole rings is 1. The number of ketones is 1. The topological polar surface area (TPSA) is 96.7 Å². The Balaban J connectivity index is 1.92. The van der Waals surface area contributed by atoms with Gasteiger partial charge in [-0.15, -0.1) is 11.3 Å². The minimum absolute atomic E-state index is 0.0430. The summed E-state index contributed by atoms with van der Waals surface area (Å²) in [6.07, 6.45) is 2.86. The number of ether oxygens (including phenoxy) is 1. The molecule has 5 atom stereocenters. The average Bonchev–Trinajstić information content (AvgIpc) is 3.20. The largest absolute Gasteiger partial charge is 0.457 e. The number of benzene rings is 1. The second-order valence-corrected chi connectivity index (χ2v) is 12.1. The Morgan fingerprint density at radius 3 is 2.61 bits per heavy atom. The summed E-state index contributed by atoms with van der Waals surface area (Å²) in [6, 6.07) is 5.95. The molecular weight excluding hydrogens is 474 g/mol. The van der Waals surface area contributed by atoms with E-state index in [-0.39, 0.29) is 18.1 Å². The van der Waals surface area contributed by atoms with Crippen molar-refractivity contribution in [1.82, 2.24) is 4.98 Å². The van der Waals surface area contributed by atoms with Gasteiger partial charge in [0.05, 0.1) is 39.3 Å². The molecule has 3 rings (SSSR count). The van der Waals surface area contributed by atoms with Gasteiger partial charge in [-0.25, -0.2) is 4.98 Å². The number of hydrogen-bond acceptors (Lipinski definition) is 7. The second kappa shape index (κ2) is 12.0. The number of aliphatic hydroxyl groups excluding tert-OH is 2. The van der Waals surface area contributed by atoms with Crippen LogP contribution in [0.5, 0.6) is 0 Å². The molecule has 2 aromatic rings. The highest BCUT2D eigenvalue weighted by Crippen LogP contribution is 2.35. The van der Waals surface area contributed by atoms with Crippen molar-refractivity contribution in [3.8, 4) is 0 Å². The molecule has 6 nitrogen and oxygen atoms in total. The monoisotopic (exact) mass is 515 g/mol. The molecule has 198 valence electrons.